The molecule has 0 saturated heterocycles. The molecule has 2 N–H and O–H groups in total. The Balaban J connectivity index is 3.15. The predicted molar refractivity (Wildman–Crippen MR) is 64.8 cm³/mol. The number of methoxy groups -OCH3 is 1. The molecule has 0 atom stereocenters. The van der Waals surface area contributed by atoms with Gasteiger partial charge in [0, 0.05) is 12.6 Å². The van der Waals surface area contributed by atoms with Crippen molar-refractivity contribution in [3.63, 3.8) is 0 Å². The molecule has 0 aliphatic rings. The molecule has 0 unspecified atom stereocenters. The first-order valence-corrected chi connectivity index (χ1v) is 5.23. The maximum atomic E-state index is 11.0. The van der Waals surface area contributed by atoms with Crippen molar-refractivity contribution in [1.29, 1.82) is 5.26 Å². The predicted octanol–water partition coefficient (Wildman–Crippen LogP) is 0.878. The van der Waals surface area contributed by atoms with E-state index in [9.17, 15) is 4.79 Å². The zero-order valence-electron chi connectivity index (χ0n) is 9.93. The summed E-state index contributed by atoms with van der Waals surface area (Å²) in [6.07, 6.45) is 0. The highest BCUT2D eigenvalue weighted by molar-refractivity contribution is 5.80. The average molecular weight is 233 g/mol. The number of nitrogens with zero attached hydrogens (tertiary/aromatic N) is 2. The minimum atomic E-state index is -0.432. The minimum absolute atomic E-state index is 0.0817. The molecular weight excluding hydrogens is 218 g/mol. The third kappa shape index (κ3) is 3.11. The molecule has 0 fully saturated rings. The summed E-state index contributed by atoms with van der Waals surface area (Å²) < 4.78 is 5.10. The molecule has 0 aliphatic carbocycles. The standard InChI is InChI=1S/C12H15N3O2/c1-3-15(8-12(14)16)11-6-10(17-2)5-4-9(11)7-13/h4-6H,3,8H2,1-2H3,(H2,14,16). The number of benzene rings is 1. The molecule has 1 aromatic rings. The van der Waals surface area contributed by atoms with Crippen molar-refractivity contribution >= 4 is 11.6 Å². The van der Waals surface area contributed by atoms with E-state index in [-0.39, 0.29) is 6.54 Å². The minimum Gasteiger partial charge on any atom is -0.497 e. The number of amides is 1. The van der Waals surface area contributed by atoms with Crippen molar-refractivity contribution in [1.82, 2.24) is 0 Å². The van der Waals surface area contributed by atoms with Gasteiger partial charge in [0.2, 0.25) is 5.91 Å². The van der Waals surface area contributed by atoms with Crippen molar-refractivity contribution in [2.75, 3.05) is 25.1 Å². The number of hydrogen-bond acceptors (Lipinski definition) is 4. The summed E-state index contributed by atoms with van der Waals surface area (Å²) in [4.78, 5) is 12.7. The second-order valence-corrected chi connectivity index (χ2v) is 3.48. The van der Waals surface area contributed by atoms with Gasteiger partial charge in [0.1, 0.15) is 11.8 Å². The van der Waals surface area contributed by atoms with Gasteiger partial charge in [-0.2, -0.15) is 5.26 Å². The topological polar surface area (TPSA) is 79.3 Å². The van der Waals surface area contributed by atoms with Gasteiger partial charge in [0.15, 0.2) is 0 Å². The van der Waals surface area contributed by atoms with Crippen molar-refractivity contribution in [3.05, 3.63) is 23.8 Å². The number of primary amides is 1. The molecule has 0 radical (unpaired) electrons. The van der Waals surface area contributed by atoms with Gasteiger partial charge in [0.25, 0.3) is 0 Å². The van der Waals surface area contributed by atoms with Gasteiger partial charge < -0.3 is 15.4 Å². The van der Waals surface area contributed by atoms with E-state index in [1.54, 1.807) is 30.2 Å². The van der Waals surface area contributed by atoms with Gasteiger partial charge in [-0.15, -0.1) is 0 Å². The molecule has 1 amide bonds. The van der Waals surface area contributed by atoms with Crippen molar-refractivity contribution in [2.24, 2.45) is 5.73 Å². The quantitative estimate of drug-likeness (QED) is 0.818. The number of anilines is 1. The molecule has 0 saturated carbocycles. The number of rotatable bonds is 5. The van der Waals surface area contributed by atoms with Gasteiger partial charge in [-0.05, 0) is 19.1 Å². The lowest BCUT2D eigenvalue weighted by atomic mass is 10.1. The first-order chi connectivity index (χ1) is 8.12. The summed E-state index contributed by atoms with van der Waals surface area (Å²) in [5, 5.41) is 9.03. The zero-order valence-corrected chi connectivity index (χ0v) is 9.93. The number of nitriles is 1. The van der Waals surface area contributed by atoms with E-state index in [2.05, 4.69) is 6.07 Å². The number of carbonyl (C=O) groups is 1. The lowest BCUT2D eigenvalue weighted by Gasteiger charge is -2.22. The molecule has 5 nitrogen and oxygen atoms in total. The van der Waals surface area contributed by atoms with Crippen LogP contribution in [0.4, 0.5) is 5.69 Å². The fraction of sp³-hybridized carbons (Fsp3) is 0.333. The molecule has 17 heavy (non-hydrogen) atoms. The van der Waals surface area contributed by atoms with Crippen LogP contribution in [0.3, 0.4) is 0 Å². The van der Waals surface area contributed by atoms with E-state index < -0.39 is 5.91 Å². The number of hydrogen-bond donors (Lipinski definition) is 1. The maximum Gasteiger partial charge on any atom is 0.236 e. The molecule has 0 aliphatic heterocycles. The number of carbonyl (C=O) groups excluding carboxylic acids is 1. The van der Waals surface area contributed by atoms with E-state index in [1.807, 2.05) is 6.92 Å². The summed E-state index contributed by atoms with van der Waals surface area (Å²) >= 11 is 0. The van der Waals surface area contributed by atoms with Gasteiger partial charge >= 0.3 is 0 Å². The Labute approximate surface area is 100 Å². The molecule has 90 valence electrons. The van der Waals surface area contributed by atoms with Gasteiger partial charge in [-0.1, -0.05) is 0 Å². The molecular formula is C12H15N3O2. The van der Waals surface area contributed by atoms with Gasteiger partial charge in [-0.25, -0.2) is 0 Å². The van der Waals surface area contributed by atoms with Crippen LogP contribution in [0.2, 0.25) is 0 Å². The molecule has 0 heterocycles. The van der Waals surface area contributed by atoms with Crippen molar-refractivity contribution in [2.45, 2.75) is 6.92 Å². The second-order valence-electron chi connectivity index (χ2n) is 3.48. The molecule has 5 heteroatoms. The van der Waals surface area contributed by atoms with E-state index in [0.717, 1.165) is 0 Å². The lowest BCUT2D eigenvalue weighted by molar-refractivity contribution is -0.116. The fourth-order valence-corrected chi connectivity index (χ4v) is 1.55. The monoisotopic (exact) mass is 233 g/mol. The Morgan fingerprint density at radius 2 is 2.29 bits per heavy atom. The first-order valence-electron chi connectivity index (χ1n) is 5.23. The van der Waals surface area contributed by atoms with Crippen LogP contribution in [0.5, 0.6) is 5.75 Å². The van der Waals surface area contributed by atoms with Crippen molar-refractivity contribution < 1.29 is 9.53 Å². The average Bonchev–Trinajstić information content (AvgIpc) is 2.34. The highest BCUT2D eigenvalue weighted by Crippen LogP contribution is 2.25. The normalized spacial score (nSPS) is 9.47. The number of ether oxygens (including phenoxy) is 1. The third-order valence-corrected chi connectivity index (χ3v) is 2.39. The van der Waals surface area contributed by atoms with E-state index in [1.165, 1.54) is 0 Å². The van der Waals surface area contributed by atoms with E-state index >= 15 is 0 Å². The van der Waals surface area contributed by atoms with Crippen LogP contribution >= 0.6 is 0 Å². The van der Waals surface area contributed by atoms with E-state index in [4.69, 9.17) is 15.7 Å². The zero-order chi connectivity index (χ0) is 12.8. The Morgan fingerprint density at radius 3 is 2.76 bits per heavy atom. The van der Waals surface area contributed by atoms with Gasteiger partial charge in [-0.3, -0.25) is 4.79 Å². The Kier molecular flexibility index (Phi) is 4.35. The van der Waals surface area contributed by atoms with Crippen LogP contribution in [-0.4, -0.2) is 26.1 Å². The van der Waals surface area contributed by atoms with Gasteiger partial charge in [0.05, 0.1) is 24.9 Å². The third-order valence-electron chi connectivity index (χ3n) is 2.39. The first kappa shape index (κ1) is 12.8. The molecule has 0 aromatic heterocycles. The van der Waals surface area contributed by atoms with Crippen LogP contribution in [-0.2, 0) is 4.79 Å². The SMILES string of the molecule is CCN(CC(N)=O)c1cc(OC)ccc1C#N. The molecule has 0 bridgehead atoms. The summed E-state index contributed by atoms with van der Waals surface area (Å²) in [5.74, 6) is 0.209. The fourth-order valence-electron chi connectivity index (χ4n) is 1.55. The maximum absolute atomic E-state index is 11.0. The number of likely N-dealkylation sites (N-methyl/N-ethyl adjacent to an activating group) is 1. The second kappa shape index (κ2) is 5.75. The highest BCUT2D eigenvalue weighted by Gasteiger charge is 2.13. The van der Waals surface area contributed by atoms with Crippen LogP contribution in [0.1, 0.15) is 12.5 Å². The summed E-state index contributed by atoms with van der Waals surface area (Å²) in [7, 11) is 1.55. The molecule has 0 spiro atoms. The number of nitrogens with two attached hydrogens (primary N) is 1. The Bertz CT molecular complexity index is 452. The summed E-state index contributed by atoms with van der Waals surface area (Å²) in [6.45, 7) is 2.56. The summed E-state index contributed by atoms with van der Waals surface area (Å²) in [6, 6.07) is 7.19. The summed E-state index contributed by atoms with van der Waals surface area (Å²) in [5.41, 5.74) is 6.33. The van der Waals surface area contributed by atoms with Crippen LogP contribution in [0.15, 0.2) is 18.2 Å². The highest BCUT2D eigenvalue weighted by atomic mass is 16.5. The van der Waals surface area contributed by atoms with E-state index in [0.29, 0.717) is 23.5 Å². The molecule has 1 rings (SSSR count). The largest absolute Gasteiger partial charge is 0.497 e. The van der Waals surface area contributed by atoms with Crippen LogP contribution < -0.4 is 15.4 Å². The van der Waals surface area contributed by atoms with Crippen molar-refractivity contribution in [3.8, 4) is 11.8 Å². The smallest absolute Gasteiger partial charge is 0.236 e. The van der Waals surface area contributed by atoms with Crippen LogP contribution in [0, 0.1) is 11.3 Å². The van der Waals surface area contributed by atoms with Crippen LogP contribution in [0.25, 0.3) is 0 Å². The Morgan fingerprint density at radius 1 is 1.59 bits per heavy atom. The molecule has 1 aromatic carbocycles. The Hall–Kier alpha value is -2.22. The lowest BCUT2D eigenvalue weighted by Crippen LogP contribution is -2.34.